The van der Waals surface area contributed by atoms with Gasteiger partial charge < -0.3 is 5.11 Å². The molecule has 0 saturated heterocycles. The number of nitrogens with zero attached hydrogens (tertiary/aromatic N) is 4. The summed E-state index contributed by atoms with van der Waals surface area (Å²) < 4.78 is 1.72. The van der Waals surface area contributed by atoms with Crippen molar-refractivity contribution < 1.29 is 5.11 Å². The molecule has 1 N–H and O–H groups in total. The highest BCUT2D eigenvalue weighted by atomic mass is 16.3. The van der Waals surface area contributed by atoms with Crippen LogP contribution in [-0.4, -0.2) is 31.0 Å². The van der Waals surface area contributed by atoms with Crippen molar-refractivity contribution in [3.63, 3.8) is 0 Å². The van der Waals surface area contributed by atoms with Crippen LogP contribution in [-0.2, 0) is 13.5 Å². The number of aliphatic hydroxyl groups excluding tert-OH is 1. The van der Waals surface area contributed by atoms with E-state index in [9.17, 15) is 5.11 Å². The number of rotatable bonds is 4. The summed E-state index contributed by atoms with van der Waals surface area (Å²) in [4.78, 5) is 8.42. The van der Waals surface area contributed by atoms with Crippen molar-refractivity contribution in [1.29, 1.82) is 0 Å². The lowest BCUT2D eigenvalue weighted by Crippen LogP contribution is -2.14. The fourth-order valence-corrected chi connectivity index (χ4v) is 2.02. The Labute approximate surface area is 101 Å². The van der Waals surface area contributed by atoms with Gasteiger partial charge in [-0.2, -0.15) is 5.10 Å². The maximum absolute atomic E-state index is 9.95. The van der Waals surface area contributed by atoms with Crippen LogP contribution in [0, 0.1) is 5.92 Å². The van der Waals surface area contributed by atoms with Crippen LogP contribution in [0.2, 0.25) is 0 Å². The van der Waals surface area contributed by atoms with Crippen molar-refractivity contribution in [3.8, 4) is 0 Å². The van der Waals surface area contributed by atoms with Gasteiger partial charge >= 0.3 is 0 Å². The Morgan fingerprint density at radius 2 is 2.12 bits per heavy atom. The molecule has 0 aliphatic carbocycles. The van der Waals surface area contributed by atoms with E-state index in [-0.39, 0.29) is 6.10 Å². The zero-order chi connectivity index (χ0) is 12.4. The maximum Gasteiger partial charge on any atom is 0.161 e. The summed E-state index contributed by atoms with van der Waals surface area (Å²) in [5.41, 5.74) is 1.68. The van der Waals surface area contributed by atoms with Gasteiger partial charge in [-0.25, -0.2) is 9.97 Å². The summed E-state index contributed by atoms with van der Waals surface area (Å²) in [6.07, 6.45) is 4.27. The van der Waals surface area contributed by atoms with Crippen LogP contribution in [0.5, 0.6) is 0 Å². The molecule has 0 fully saturated rings. The third kappa shape index (κ3) is 2.61. The SMILES string of the molecule is CC(C)CC(O)Cc1ncnc2c1cnn2C. The molecular formula is C12H18N4O. The molecule has 0 radical (unpaired) electrons. The molecule has 0 aliphatic rings. The van der Waals surface area contributed by atoms with E-state index in [0.717, 1.165) is 23.1 Å². The molecule has 5 heteroatoms. The van der Waals surface area contributed by atoms with E-state index in [0.29, 0.717) is 12.3 Å². The Morgan fingerprint density at radius 3 is 2.82 bits per heavy atom. The highest BCUT2D eigenvalue weighted by molar-refractivity contribution is 5.76. The van der Waals surface area contributed by atoms with E-state index in [2.05, 4.69) is 28.9 Å². The van der Waals surface area contributed by atoms with E-state index in [1.165, 1.54) is 6.33 Å². The predicted octanol–water partition coefficient (Wildman–Crippen LogP) is 1.31. The Bertz CT molecular complexity index is 506. The first kappa shape index (κ1) is 12.0. The molecule has 0 saturated carbocycles. The summed E-state index contributed by atoms with van der Waals surface area (Å²) in [6.45, 7) is 4.20. The smallest absolute Gasteiger partial charge is 0.161 e. The molecule has 0 amide bonds. The summed E-state index contributed by atoms with van der Waals surface area (Å²) in [7, 11) is 1.85. The van der Waals surface area contributed by atoms with Gasteiger partial charge in [0, 0.05) is 13.5 Å². The molecule has 1 unspecified atom stereocenters. The summed E-state index contributed by atoms with van der Waals surface area (Å²) in [5, 5.41) is 15.0. The largest absolute Gasteiger partial charge is 0.393 e. The van der Waals surface area contributed by atoms with Crippen LogP contribution >= 0.6 is 0 Å². The van der Waals surface area contributed by atoms with Crippen LogP contribution in [0.25, 0.3) is 11.0 Å². The molecule has 0 bridgehead atoms. The van der Waals surface area contributed by atoms with Gasteiger partial charge in [-0.05, 0) is 12.3 Å². The molecule has 92 valence electrons. The van der Waals surface area contributed by atoms with Crippen molar-refractivity contribution in [3.05, 3.63) is 18.2 Å². The zero-order valence-corrected chi connectivity index (χ0v) is 10.5. The van der Waals surface area contributed by atoms with E-state index in [1.54, 1.807) is 10.9 Å². The lowest BCUT2D eigenvalue weighted by molar-refractivity contribution is 0.148. The number of hydrogen-bond acceptors (Lipinski definition) is 4. The first-order valence-electron chi connectivity index (χ1n) is 5.87. The molecule has 2 aromatic rings. The zero-order valence-electron chi connectivity index (χ0n) is 10.5. The lowest BCUT2D eigenvalue weighted by atomic mass is 10.0. The quantitative estimate of drug-likeness (QED) is 0.866. The normalized spacial score (nSPS) is 13.5. The van der Waals surface area contributed by atoms with Gasteiger partial charge in [-0.3, -0.25) is 4.68 Å². The Morgan fingerprint density at radius 1 is 1.35 bits per heavy atom. The van der Waals surface area contributed by atoms with Gasteiger partial charge in [0.05, 0.1) is 23.4 Å². The second kappa shape index (κ2) is 4.79. The van der Waals surface area contributed by atoms with Gasteiger partial charge in [0.15, 0.2) is 5.65 Å². The van der Waals surface area contributed by atoms with Crippen molar-refractivity contribution in [2.75, 3.05) is 0 Å². The molecule has 0 aromatic carbocycles. The van der Waals surface area contributed by atoms with Crippen LogP contribution < -0.4 is 0 Å². The van der Waals surface area contributed by atoms with E-state index in [1.807, 2.05) is 7.05 Å². The second-order valence-corrected chi connectivity index (χ2v) is 4.81. The highest BCUT2D eigenvalue weighted by Crippen LogP contribution is 2.16. The Kier molecular flexibility index (Phi) is 3.38. The van der Waals surface area contributed by atoms with E-state index >= 15 is 0 Å². The monoisotopic (exact) mass is 234 g/mol. The number of fused-ring (bicyclic) bond motifs is 1. The number of aliphatic hydroxyl groups is 1. The molecule has 5 nitrogen and oxygen atoms in total. The van der Waals surface area contributed by atoms with Crippen molar-refractivity contribution in [1.82, 2.24) is 19.7 Å². The van der Waals surface area contributed by atoms with E-state index in [4.69, 9.17) is 0 Å². The van der Waals surface area contributed by atoms with Gasteiger partial charge in [0.2, 0.25) is 0 Å². The Hall–Kier alpha value is -1.49. The van der Waals surface area contributed by atoms with Crippen LogP contribution in [0.1, 0.15) is 26.0 Å². The van der Waals surface area contributed by atoms with Gasteiger partial charge in [0.1, 0.15) is 6.33 Å². The van der Waals surface area contributed by atoms with Crippen LogP contribution in [0.4, 0.5) is 0 Å². The predicted molar refractivity (Wildman–Crippen MR) is 65.5 cm³/mol. The minimum absolute atomic E-state index is 0.353. The fourth-order valence-electron chi connectivity index (χ4n) is 2.02. The molecule has 2 aromatic heterocycles. The third-order valence-electron chi connectivity index (χ3n) is 2.78. The number of aryl methyl sites for hydroxylation is 1. The van der Waals surface area contributed by atoms with Crippen molar-refractivity contribution >= 4 is 11.0 Å². The maximum atomic E-state index is 9.95. The fraction of sp³-hybridized carbons (Fsp3) is 0.583. The topological polar surface area (TPSA) is 63.8 Å². The summed E-state index contributed by atoms with van der Waals surface area (Å²) in [6, 6.07) is 0. The molecular weight excluding hydrogens is 216 g/mol. The molecule has 0 spiro atoms. The molecule has 2 heterocycles. The Balaban J connectivity index is 2.24. The van der Waals surface area contributed by atoms with Gasteiger partial charge in [0.25, 0.3) is 0 Å². The third-order valence-corrected chi connectivity index (χ3v) is 2.78. The highest BCUT2D eigenvalue weighted by Gasteiger charge is 2.13. The van der Waals surface area contributed by atoms with Crippen molar-refractivity contribution in [2.45, 2.75) is 32.8 Å². The number of aromatic nitrogens is 4. The lowest BCUT2D eigenvalue weighted by Gasteiger charge is -2.12. The summed E-state index contributed by atoms with van der Waals surface area (Å²) in [5.74, 6) is 0.483. The molecule has 0 aliphatic heterocycles. The first-order valence-corrected chi connectivity index (χ1v) is 5.87. The average Bonchev–Trinajstić information content (AvgIpc) is 2.61. The molecule has 17 heavy (non-hydrogen) atoms. The minimum Gasteiger partial charge on any atom is -0.393 e. The summed E-state index contributed by atoms with van der Waals surface area (Å²) >= 11 is 0. The van der Waals surface area contributed by atoms with E-state index < -0.39 is 0 Å². The van der Waals surface area contributed by atoms with Crippen LogP contribution in [0.3, 0.4) is 0 Å². The van der Waals surface area contributed by atoms with Crippen molar-refractivity contribution in [2.24, 2.45) is 13.0 Å². The average molecular weight is 234 g/mol. The first-order chi connectivity index (χ1) is 8.08. The van der Waals surface area contributed by atoms with Crippen LogP contribution in [0.15, 0.2) is 12.5 Å². The minimum atomic E-state index is -0.353. The number of hydrogen-bond donors (Lipinski definition) is 1. The standard InChI is InChI=1S/C12H18N4O/c1-8(2)4-9(17)5-11-10-6-15-16(3)12(10)14-7-13-11/h6-9,17H,4-5H2,1-3H3. The molecule has 1 atom stereocenters. The van der Waals surface area contributed by atoms with Gasteiger partial charge in [-0.15, -0.1) is 0 Å². The van der Waals surface area contributed by atoms with Gasteiger partial charge in [-0.1, -0.05) is 13.8 Å². The molecule has 2 rings (SSSR count). The second-order valence-electron chi connectivity index (χ2n) is 4.81.